The van der Waals surface area contributed by atoms with Gasteiger partial charge in [0.15, 0.2) is 0 Å². The molecule has 1 aliphatic rings. The predicted molar refractivity (Wildman–Crippen MR) is 49.2 cm³/mol. The molecule has 0 unspecified atom stereocenters. The van der Waals surface area contributed by atoms with Crippen LogP contribution in [0.25, 0.3) is 0 Å². The quantitative estimate of drug-likeness (QED) is 0.590. The van der Waals surface area contributed by atoms with Crippen molar-refractivity contribution in [3.05, 3.63) is 11.5 Å². The van der Waals surface area contributed by atoms with Crippen LogP contribution in [0.15, 0.2) is 11.5 Å². The molecule has 0 heterocycles. The minimum absolute atomic E-state index is 0.904. The van der Waals surface area contributed by atoms with E-state index in [4.69, 9.17) is 0 Å². The molecular weight excluding hydrogens is 140 g/mol. The predicted octanol–water partition coefficient (Wildman–Crippen LogP) is 3.44. The topological polar surface area (TPSA) is 0 Å². The first-order valence-electron chi connectivity index (χ1n) is 4.13. The summed E-state index contributed by atoms with van der Waals surface area (Å²) in [7, 11) is 0. The summed E-state index contributed by atoms with van der Waals surface area (Å²) in [6.07, 6.45) is 11.7. The molecule has 0 aromatic carbocycles. The van der Waals surface area contributed by atoms with Crippen LogP contribution >= 0.6 is 11.8 Å². The molecule has 0 spiro atoms. The summed E-state index contributed by atoms with van der Waals surface area (Å²) in [5, 5.41) is 2.23. The molecule has 0 amide bonds. The molecule has 1 saturated carbocycles. The second-order valence-corrected chi connectivity index (χ2v) is 3.71. The Labute approximate surface area is 68.1 Å². The lowest BCUT2D eigenvalue weighted by Gasteiger charge is -2.17. The zero-order chi connectivity index (χ0) is 7.23. The first kappa shape index (κ1) is 8.19. The van der Waals surface area contributed by atoms with Gasteiger partial charge in [0, 0.05) is 0 Å². The summed E-state index contributed by atoms with van der Waals surface area (Å²) in [6.45, 7) is 0. The standard InChI is InChI=1S/C9H16S/c1-10-8-7-9-5-3-2-4-6-9/h7-9H,2-6H2,1H3/b8-7-. The lowest BCUT2D eigenvalue weighted by molar-refractivity contribution is 0.420. The molecule has 0 saturated heterocycles. The highest BCUT2D eigenvalue weighted by Gasteiger charge is 2.08. The van der Waals surface area contributed by atoms with Crippen molar-refractivity contribution in [2.75, 3.05) is 6.26 Å². The summed E-state index contributed by atoms with van der Waals surface area (Å²) in [4.78, 5) is 0. The molecule has 0 atom stereocenters. The molecule has 0 N–H and O–H groups in total. The number of rotatable bonds is 2. The smallest absolute Gasteiger partial charge is 0.0142 e. The molecule has 1 heteroatoms. The molecule has 0 aromatic rings. The summed E-state index contributed by atoms with van der Waals surface area (Å²) in [5.41, 5.74) is 0. The summed E-state index contributed by atoms with van der Waals surface area (Å²) >= 11 is 1.81. The van der Waals surface area contributed by atoms with E-state index in [0.717, 1.165) is 5.92 Å². The van der Waals surface area contributed by atoms with Gasteiger partial charge in [0.05, 0.1) is 0 Å². The van der Waals surface area contributed by atoms with Gasteiger partial charge in [-0.1, -0.05) is 25.3 Å². The van der Waals surface area contributed by atoms with E-state index in [1.165, 1.54) is 32.1 Å². The Kier molecular flexibility index (Phi) is 3.96. The molecular formula is C9H16S. The third-order valence-electron chi connectivity index (χ3n) is 2.14. The van der Waals surface area contributed by atoms with Crippen molar-refractivity contribution >= 4 is 11.8 Å². The van der Waals surface area contributed by atoms with E-state index < -0.39 is 0 Å². The first-order chi connectivity index (χ1) is 4.93. The van der Waals surface area contributed by atoms with Crippen LogP contribution < -0.4 is 0 Å². The lowest BCUT2D eigenvalue weighted by Crippen LogP contribution is -2.01. The van der Waals surface area contributed by atoms with Gasteiger partial charge >= 0.3 is 0 Å². The summed E-state index contributed by atoms with van der Waals surface area (Å²) < 4.78 is 0. The normalized spacial score (nSPS) is 22.1. The third-order valence-corrected chi connectivity index (χ3v) is 2.57. The van der Waals surface area contributed by atoms with Crippen LogP contribution in [-0.2, 0) is 0 Å². The van der Waals surface area contributed by atoms with Crippen LogP contribution in [0, 0.1) is 5.92 Å². The zero-order valence-electron chi connectivity index (χ0n) is 6.68. The fraction of sp³-hybridized carbons (Fsp3) is 0.778. The maximum absolute atomic E-state index is 2.38. The van der Waals surface area contributed by atoms with Crippen molar-refractivity contribution in [2.24, 2.45) is 5.92 Å². The van der Waals surface area contributed by atoms with Crippen LogP contribution in [-0.4, -0.2) is 6.26 Å². The molecule has 0 bridgehead atoms. The second kappa shape index (κ2) is 4.84. The van der Waals surface area contributed by atoms with Gasteiger partial charge in [-0.2, -0.15) is 0 Å². The average molecular weight is 156 g/mol. The molecule has 58 valence electrons. The van der Waals surface area contributed by atoms with Gasteiger partial charge in [0.25, 0.3) is 0 Å². The first-order valence-corrected chi connectivity index (χ1v) is 5.42. The van der Waals surface area contributed by atoms with E-state index in [1.54, 1.807) is 0 Å². The Bertz CT molecular complexity index is 101. The van der Waals surface area contributed by atoms with Gasteiger partial charge in [-0.3, -0.25) is 0 Å². The summed E-state index contributed by atoms with van der Waals surface area (Å²) in [6, 6.07) is 0. The van der Waals surface area contributed by atoms with Gasteiger partial charge in [-0.25, -0.2) is 0 Å². The van der Waals surface area contributed by atoms with Gasteiger partial charge in [0.2, 0.25) is 0 Å². The Balaban J connectivity index is 2.19. The minimum atomic E-state index is 0.904. The lowest BCUT2D eigenvalue weighted by atomic mass is 9.90. The van der Waals surface area contributed by atoms with Crippen molar-refractivity contribution in [1.29, 1.82) is 0 Å². The highest BCUT2D eigenvalue weighted by molar-refractivity contribution is 8.01. The van der Waals surface area contributed by atoms with Crippen LogP contribution in [0.2, 0.25) is 0 Å². The number of hydrogen-bond donors (Lipinski definition) is 0. The van der Waals surface area contributed by atoms with E-state index in [9.17, 15) is 0 Å². The monoisotopic (exact) mass is 156 g/mol. The highest BCUT2D eigenvalue weighted by Crippen LogP contribution is 2.24. The van der Waals surface area contributed by atoms with E-state index >= 15 is 0 Å². The van der Waals surface area contributed by atoms with Gasteiger partial charge in [-0.15, -0.1) is 11.8 Å². The number of thioether (sulfide) groups is 1. The number of hydrogen-bond acceptors (Lipinski definition) is 1. The van der Waals surface area contributed by atoms with Crippen LogP contribution in [0.4, 0.5) is 0 Å². The SMILES string of the molecule is CS/C=C\C1CCCCC1. The third kappa shape index (κ3) is 2.78. The maximum Gasteiger partial charge on any atom is -0.0142 e. The second-order valence-electron chi connectivity index (χ2n) is 2.96. The Morgan fingerprint density at radius 2 is 1.90 bits per heavy atom. The van der Waals surface area contributed by atoms with Crippen molar-refractivity contribution in [3.63, 3.8) is 0 Å². The molecule has 0 nitrogen and oxygen atoms in total. The van der Waals surface area contributed by atoms with Crippen molar-refractivity contribution in [1.82, 2.24) is 0 Å². The Hall–Kier alpha value is 0.0900. The zero-order valence-corrected chi connectivity index (χ0v) is 7.49. The molecule has 10 heavy (non-hydrogen) atoms. The van der Waals surface area contributed by atoms with Crippen molar-refractivity contribution < 1.29 is 0 Å². The molecule has 0 aromatic heterocycles. The fourth-order valence-corrected chi connectivity index (χ4v) is 1.90. The van der Waals surface area contributed by atoms with Gasteiger partial charge < -0.3 is 0 Å². The molecule has 1 aliphatic carbocycles. The maximum atomic E-state index is 2.38. The van der Waals surface area contributed by atoms with Crippen LogP contribution in [0.1, 0.15) is 32.1 Å². The highest BCUT2D eigenvalue weighted by atomic mass is 32.2. The molecule has 1 rings (SSSR count). The van der Waals surface area contributed by atoms with E-state index in [1.807, 2.05) is 11.8 Å². The van der Waals surface area contributed by atoms with Crippen LogP contribution in [0.5, 0.6) is 0 Å². The molecule has 0 radical (unpaired) electrons. The van der Waals surface area contributed by atoms with E-state index in [-0.39, 0.29) is 0 Å². The minimum Gasteiger partial charge on any atom is -0.138 e. The Morgan fingerprint density at radius 3 is 2.50 bits per heavy atom. The van der Waals surface area contributed by atoms with Gasteiger partial charge in [-0.05, 0) is 30.4 Å². The summed E-state index contributed by atoms with van der Waals surface area (Å²) in [5.74, 6) is 0.904. The average Bonchev–Trinajstić information content (AvgIpc) is 2.03. The molecule has 0 aliphatic heterocycles. The van der Waals surface area contributed by atoms with Gasteiger partial charge in [0.1, 0.15) is 0 Å². The van der Waals surface area contributed by atoms with Crippen molar-refractivity contribution in [2.45, 2.75) is 32.1 Å². The molecule has 1 fully saturated rings. The van der Waals surface area contributed by atoms with E-state index in [0.29, 0.717) is 0 Å². The van der Waals surface area contributed by atoms with Crippen LogP contribution in [0.3, 0.4) is 0 Å². The largest absolute Gasteiger partial charge is 0.138 e. The van der Waals surface area contributed by atoms with Crippen molar-refractivity contribution in [3.8, 4) is 0 Å². The number of allylic oxidation sites excluding steroid dienone is 1. The fourth-order valence-electron chi connectivity index (χ4n) is 1.52. The van der Waals surface area contributed by atoms with E-state index in [2.05, 4.69) is 17.7 Å². The Morgan fingerprint density at radius 1 is 1.20 bits per heavy atom.